The monoisotopic (exact) mass is 512 g/mol. The molecule has 0 saturated carbocycles. The summed E-state index contributed by atoms with van der Waals surface area (Å²) in [5.74, 6) is -0.207. The van der Waals surface area contributed by atoms with Crippen molar-refractivity contribution in [2.45, 2.75) is 32.1 Å². The van der Waals surface area contributed by atoms with Gasteiger partial charge in [-0.2, -0.15) is 0 Å². The average Bonchev–Trinajstić information content (AvgIpc) is 2.80. The molecule has 2 aliphatic rings. The third-order valence-electron chi connectivity index (χ3n) is 5.98. The van der Waals surface area contributed by atoms with Crippen LogP contribution in [-0.4, -0.2) is 31.0 Å². The number of hydrogen-bond donors (Lipinski definition) is 3. The fraction of sp³-hybridized carbons (Fsp3) is 0.280. The Morgan fingerprint density at radius 2 is 1.88 bits per heavy atom. The molecule has 4 rings (SSSR count). The van der Waals surface area contributed by atoms with Crippen LogP contribution in [0.15, 0.2) is 63.4 Å². The van der Waals surface area contributed by atoms with E-state index in [1.165, 1.54) is 7.11 Å². The van der Waals surface area contributed by atoms with Crippen LogP contribution >= 0.6 is 15.9 Å². The molecule has 0 bridgehead atoms. The number of carbonyl (C=O) groups is 2. The highest BCUT2D eigenvalue weighted by molar-refractivity contribution is 9.10. The first-order valence-corrected chi connectivity index (χ1v) is 11.4. The number of aromatic hydroxyl groups is 1. The van der Waals surface area contributed by atoms with Gasteiger partial charge in [-0.3, -0.25) is 9.59 Å². The van der Waals surface area contributed by atoms with Crippen LogP contribution in [0.1, 0.15) is 37.7 Å². The van der Waals surface area contributed by atoms with Crippen molar-refractivity contribution in [3.05, 3.63) is 69.0 Å². The lowest BCUT2D eigenvalue weighted by Gasteiger charge is -2.34. The first-order chi connectivity index (χ1) is 15.8. The summed E-state index contributed by atoms with van der Waals surface area (Å²) in [6.45, 7) is 1.83. The molecule has 33 heavy (non-hydrogen) atoms. The molecule has 3 N–H and O–H groups in total. The van der Waals surface area contributed by atoms with Gasteiger partial charge in [-0.05, 0) is 65.5 Å². The largest absolute Gasteiger partial charge is 0.503 e. The number of anilines is 1. The van der Waals surface area contributed by atoms with E-state index in [0.717, 1.165) is 18.5 Å². The minimum Gasteiger partial charge on any atom is -0.503 e. The molecule has 0 aromatic heterocycles. The van der Waals surface area contributed by atoms with Crippen LogP contribution in [0.2, 0.25) is 0 Å². The zero-order valence-corrected chi connectivity index (χ0v) is 20.2. The molecule has 2 aromatic carbocycles. The molecule has 0 fully saturated rings. The minimum atomic E-state index is -0.616. The predicted octanol–water partition coefficient (Wildman–Crippen LogP) is 4.78. The van der Waals surface area contributed by atoms with Gasteiger partial charge < -0.3 is 25.2 Å². The first-order valence-electron chi connectivity index (χ1n) is 10.6. The van der Waals surface area contributed by atoms with E-state index in [0.29, 0.717) is 44.7 Å². The van der Waals surface area contributed by atoms with E-state index in [1.807, 2.05) is 19.1 Å². The molecule has 1 heterocycles. The van der Waals surface area contributed by atoms with Crippen molar-refractivity contribution in [3.8, 4) is 17.2 Å². The summed E-state index contributed by atoms with van der Waals surface area (Å²) in [5.41, 5.74) is 3.72. The van der Waals surface area contributed by atoms with Crippen molar-refractivity contribution in [3.63, 3.8) is 0 Å². The molecule has 1 atom stereocenters. The smallest absolute Gasteiger partial charge is 0.254 e. The number of benzene rings is 2. The highest BCUT2D eigenvalue weighted by atomic mass is 79.9. The third-order valence-corrected chi connectivity index (χ3v) is 6.58. The predicted molar refractivity (Wildman–Crippen MR) is 128 cm³/mol. The normalized spacial score (nSPS) is 17.9. The second-order valence-electron chi connectivity index (χ2n) is 7.97. The molecule has 0 unspecified atom stereocenters. The number of phenols is 1. The second kappa shape index (κ2) is 9.31. The molecule has 2 aromatic rings. The maximum Gasteiger partial charge on any atom is 0.254 e. The van der Waals surface area contributed by atoms with Crippen molar-refractivity contribution < 1.29 is 24.2 Å². The van der Waals surface area contributed by atoms with Crippen LogP contribution in [0.25, 0.3) is 0 Å². The van der Waals surface area contributed by atoms with E-state index in [4.69, 9.17) is 9.47 Å². The van der Waals surface area contributed by atoms with Crippen molar-refractivity contribution in [2.24, 2.45) is 0 Å². The summed E-state index contributed by atoms with van der Waals surface area (Å²) in [7, 11) is 3.00. The van der Waals surface area contributed by atoms with Crippen molar-refractivity contribution in [1.29, 1.82) is 0 Å². The second-order valence-corrected chi connectivity index (χ2v) is 8.83. The third kappa shape index (κ3) is 4.23. The summed E-state index contributed by atoms with van der Waals surface area (Å²) in [6, 6.07) is 10.6. The number of halogens is 1. The quantitative estimate of drug-likeness (QED) is 0.533. The number of methoxy groups -OCH3 is 2. The Kier molecular flexibility index (Phi) is 6.47. The van der Waals surface area contributed by atoms with Crippen molar-refractivity contribution >= 4 is 33.3 Å². The van der Waals surface area contributed by atoms with Gasteiger partial charge in [-0.25, -0.2) is 0 Å². The van der Waals surface area contributed by atoms with Gasteiger partial charge in [0.2, 0.25) is 0 Å². The number of hydrogen-bond acceptors (Lipinski definition) is 6. The number of allylic oxidation sites excluding steroid dienone is 3. The van der Waals surface area contributed by atoms with Crippen LogP contribution in [0.3, 0.4) is 0 Å². The van der Waals surface area contributed by atoms with Gasteiger partial charge >= 0.3 is 0 Å². The van der Waals surface area contributed by atoms with E-state index in [9.17, 15) is 14.7 Å². The highest BCUT2D eigenvalue weighted by Gasteiger charge is 2.39. The summed E-state index contributed by atoms with van der Waals surface area (Å²) in [4.78, 5) is 26.7. The molecule has 1 aliphatic heterocycles. The van der Waals surface area contributed by atoms with Gasteiger partial charge in [-0.1, -0.05) is 12.1 Å². The first kappa shape index (κ1) is 22.9. The number of amides is 1. The van der Waals surface area contributed by atoms with Gasteiger partial charge in [0.15, 0.2) is 17.3 Å². The number of carbonyl (C=O) groups excluding carboxylic acids is 2. The fourth-order valence-electron chi connectivity index (χ4n) is 4.47. The number of para-hydroxylation sites is 2. The van der Waals surface area contributed by atoms with Gasteiger partial charge in [-0.15, -0.1) is 0 Å². The Morgan fingerprint density at radius 1 is 1.15 bits per heavy atom. The van der Waals surface area contributed by atoms with Gasteiger partial charge in [0.25, 0.3) is 5.91 Å². The molecule has 172 valence electrons. The maximum absolute atomic E-state index is 13.6. The summed E-state index contributed by atoms with van der Waals surface area (Å²) < 4.78 is 11.1. The molecule has 0 saturated heterocycles. The Hall–Kier alpha value is -3.26. The number of phenolic OH excluding ortho intramolecular Hbond substituents is 1. The van der Waals surface area contributed by atoms with E-state index in [1.54, 1.807) is 31.4 Å². The molecule has 1 aliphatic carbocycles. The molecule has 7 nitrogen and oxygen atoms in total. The summed E-state index contributed by atoms with van der Waals surface area (Å²) >= 11 is 3.37. The van der Waals surface area contributed by atoms with Crippen LogP contribution in [-0.2, 0) is 9.59 Å². The van der Waals surface area contributed by atoms with Crippen LogP contribution in [0.5, 0.6) is 17.2 Å². The Morgan fingerprint density at radius 3 is 2.61 bits per heavy atom. The minimum absolute atomic E-state index is 0.00649. The van der Waals surface area contributed by atoms with Crippen LogP contribution < -0.4 is 20.1 Å². The lowest BCUT2D eigenvalue weighted by molar-refractivity contribution is -0.116. The molecule has 8 heteroatoms. The molecule has 1 amide bonds. The molecular formula is C25H25BrN2O5. The zero-order valence-electron chi connectivity index (χ0n) is 18.6. The summed E-state index contributed by atoms with van der Waals surface area (Å²) in [6.07, 6.45) is 1.91. The van der Waals surface area contributed by atoms with Gasteiger partial charge in [0, 0.05) is 34.9 Å². The Bertz CT molecular complexity index is 1200. The standard InChI is InChI=1S/C25H25BrN2O5/c1-13-21(25(31)28-16-7-4-5-10-19(16)32-2)22(23-17(27-13)8-6-9-18(23)29)14-11-15(26)24(30)20(12-14)33-3/h4-5,7,10-12,22,27,30H,6,8-9H2,1-3H3,(H,28,31)/t22-/m0/s1. The lowest BCUT2D eigenvalue weighted by Crippen LogP contribution is -2.35. The zero-order chi connectivity index (χ0) is 23.7. The maximum atomic E-state index is 13.6. The van der Waals surface area contributed by atoms with E-state index < -0.39 is 5.92 Å². The molecule has 0 radical (unpaired) electrons. The number of Topliss-reactive ketones (excluding diaryl/α,β-unsaturated/α-hetero) is 1. The number of dihydropyridines is 1. The van der Waals surface area contributed by atoms with Crippen LogP contribution in [0.4, 0.5) is 5.69 Å². The number of nitrogens with one attached hydrogen (secondary N) is 2. The Balaban J connectivity index is 1.85. The number of rotatable bonds is 5. The lowest BCUT2D eigenvalue weighted by atomic mass is 9.75. The fourth-order valence-corrected chi connectivity index (χ4v) is 4.93. The van der Waals surface area contributed by atoms with Crippen molar-refractivity contribution in [2.75, 3.05) is 19.5 Å². The number of ether oxygens (including phenoxy) is 2. The molecule has 0 spiro atoms. The topological polar surface area (TPSA) is 96.9 Å². The molecular weight excluding hydrogens is 488 g/mol. The van der Waals surface area contributed by atoms with Crippen LogP contribution in [0, 0.1) is 0 Å². The van der Waals surface area contributed by atoms with Crippen molar-refractivity contribution in [1.82, 2.24) is 5.32 Å². The number of ketones is 1. The van der Waals surface area contributed by atoms with E-state index >= 15 is 0 Å². The SMILES string of the molecule is COc1ccccc1NC(=O)C1=C(C)NC2=C(C(=O)CCC2)[C@H]1c1cc(Br)c(O)c(OC)c1. The van der Waals surface area contributed by atoms with E-state index in [2.05, 4.69) is 26.6 Å². The van der Waals surface area contributed by atoms with Gasteiger partial charge in [0.05, 0.1) is 24.4 Å². The van der Waals surface area contributed by atoms with Gasteiger partial charge in [0.1, 0.15) is 5.75 Å². The summed E-state index contributed by atoms with van der Waals surface area (Å²) in [5, 5.41) is 16.6. The van der Waals surface area contributed by atoms with E-state index in [-0.39, 0.29) is 23.2 Å². The highest BCUT2D eigenvalue weighted by Crippen LogP contribution is 2.46. The Labute approximate surface area is 200 Å². The average molecular weight is 513 g/mol.